The molecule has 1 amide bonds. The zero-order valence-corrected chi connectivity index (χ0v) is 13.8. The first kappa shape index (κ1) is 16.7. The number of benzene rings is 1. The van der Waals surface area contributed by atoms with Crippen molar-refractivity contribution in [3.8, 4) is 6.07 Å². The average Bonchev–Trinajstić information content (AvgIpc) is 3.10. The number of carbonyl (C=O) groups excluding carboxylic acids is 1. The molecule has 1 aromatic rings. The number of methoxy groups -OCH3 is 1. The van der Waals surface area contributed by atoms with E-state index in [4.69, 9.17) is 4.74 Å². The van der Waals surface area contributed by atoms with Gasteiger partial charge < -0.3 is 14.7 Å². The van der Waals surface area contributed by atoms with E-state index in [2.05, 4.69) is 18.2 Å². The zero-order valence-electron chi connectivity index (χ0n) is 13.8. The van der Waals surface area contributed by atoms with Crippen LogP contribution in [0.3, 0.4) is 0 Å². The summed E-state index contributed by atoms with van der Waals surface area (Å²) in [5.41, 5.74) is 3.51. The van der Waals surface area contributed by atoms with Crippen LogP contribution in [-0.4, -0.2) is 48.3 Å². The number of ether oxygens (including phenoxy) is 1. The third kappa shape index (κ3) is 2.72. The maximum absolute atomic E-state index is 12.2. The first-order valence-electron chi connectivity index (χ1n) is 8.31. The Morgan fingerprint density at radius 2 is 2.25 bits per heavy atom. The van der Waals surface area contributed by atoms with Crippen LogP contribution in [0.2, 0.25) is 0 Å². The molecule has 1 aliphatic heterocycles. The minimum absolute atomic E-state index is 0.0752. The molecule has 126 valence electrons. The minimum atomic E-state index is -0.562. The highest BCUT2D eigenvalue weighted by atomic mass is 16.5. The lowest BCUT2D eigenvalue weighted by Crippen LogP contribution is -2.66. The van der Waals surface area contributed by atoms with Crippen molar-refractivity contribution < 1.29 is 14.6 Å². The Hall–Kier alpha value is -2.16. The average molecular weight is 326 g/mol. The van der Waals surface area contributed by atoms with E-state index in [1.807, 2.05) is 18.2 Å². The van der Waals surface area contributed by atoms with E-state index in [1.54, 1.807) is 0 Å². The lowest BCUT2D eigenvalue weighted by molar-refractivity contribution is -0.150. The van der Waals surface area contributed by atoms with Crippen LogP contribution >= 0.6 is 0 Å². The smallest absolute Gasteiger partial charge is 0.249 e. The number of aliphatic hydroxyl groups excluding tert-OH is 1. The predicted molar refractivity (Wildman–Crippen MR) is 90.0 cm³/mol. The fourth-order valence-electron chi connectivity index (χ4n) is 3.92. The van der Waals surface area contributed by atoms with Crippen LogP contribution < -0.4 is 0 Å². The van der Waals surface area contributed by atoms with Gasteiger partial charge in [-0.1, -0.05) is 30.3 Å². The number of aliphatic hydroxyl groups is 1. The molecule has 0 spiro atoms. The molecule has 0 unspecified atom stereocenters. The molecule has 0 radical (unpaired) electrons. The Labute approximate surface area is 142 Å². The molecule has 1 heterocycles. The number of hydrogen-bond donors (Lipinski definition) is 1. The number of nitriles is 1. The highest BCUT2D eigenvalue weighted by Gasteiger charge is 2.52. The molecule has 1 N–H and O–H groups in total. The van der Waals surface area contributed by atoms with Crippen molar-refractivity contribution in [3.05, 3.63) is 41.5 Å². The van der Waals surface area contributed by atoms with Gasteiger partial charge in [0.1, 0.15) is 12.6 Å². The van der Waals surface area contributed by atoms with E-state index in [1.165, 1.54) is 17.6 Å². The van der Waals surface area contributed by atoms with Gasteiger partial charge in [0.25, 0.3) is 0 Å². The van der Waals surface area contributed by atoms with Crippen LogP contribution in [0, 0.1) is 11.3 Å². The fourth-order valence-corrected chi connectivity index (χ4v) is 3.92. The second-order valence-corrected chi connectivity index (χ2v) is 6.29. The van der Waals surface area contributed by atoms with Crippen LogP contribution in [0.25, 0.3) is 5.57 Å². The Kier molecular flexibility index (Phi) is 4.98. The van der Waals surface area contributed by atoms with Crippen LogP contribution in [0.15, 0.2) is 30.3 Å². The van der Waals surface area contributed by atoms with E-state index >= 15 is 0 Å². The van der Waals surface area contributed by atoms with Crippen LogP contribution in [0.1, 0.15) is 36.3 Å². The molecule has 0 aromatic heterocycles. The van der Waals surface area contributed by atoms with E-state index < -0.39 is 6.04 Å². The number of hydrogen-bond acceptors (Lipinski definition) is 4. The van der Waals surface area contributed by atoms with Gasteiger partial charge in [-0.2, -0.15) is 5.26 Å². The quantitative estimate of drug-likeness (QED) is 0.899. The Morgan fingerprint density at radius 3 is 2.88 bits per heavy atom. The van der Waals surface area contributed by atoms with Crippen molar-refractivity contribution in [2.75, 3.05) is 20.3 Å². The van der Waals surface area contributed by atoms with Crippen molar-refractivity contribution in [1.82, 2.24) is 4.90 Å². The summed E-state index contributed by atoms with van der Waals surface area (Å²) in [6.07, 6.45) is 5.52. The summed E-state index contributed by atoms with van der Waals surface area (Å²) in [5, 5.41) is 19.4. The molecule has 3 rings (SSSR count). The summed E-state index contributed by atoms with van der Waals surface area (Å²) in [6.45, 7) is -0.236. The Balaban J connectivity index is 1.95. The fraction of sp³-hybridized carbons (Fsp3) is 0.474. The molecular weight excluding hydrogens is 304 g/mol. The van der Waals surface area contributed by atoms with Crippen LogP contribution in [0.4, 0.5) is 0 Å². The highest BCUT2D eigenvalue weighted by Crippen LogP contribution is 2.44. The van der Waals surface area contributed by atoms with Gasteiger partial charge in [-0.05, 0) is 36.0 Å². The standard InChI is InChI=1S/C19H22N2O3/c1-24-12-18(23)21-16(10-20)19(17(21)11-22)15-9-5-4-8-14(15)13-6-2-3-7-13/h4-6,8-9,16-17,19,22H,2-3,7,11-12H2,1H3/t16-,17+,19+/m1/s1. The number of carbonyl (C=O) groups is 1. The molecule has 0 saturated carbocycles. The summed E-state index contributed by atoms with van der Waals surface area (Å²) < 4.78 is 4.90. The summed E-state index contributed by atoms with van der Waals surface area (Å²) in [5.74, 6) is -0.421. The molecule has 1 aliphatic carbocycles. The summed E-state index contributed by atoms with van der Waals surface area (Å²) >= 11 is 0. The summed E-state index contributed by atoms with van der Waals surface area (Å²) in [7, 11) is 1.45. The molecule has 1 aromatic carbocycles. The molecule has 2 aliphatic rings. The number of nitrogens with zero attached hydrogens (tertiary/aromatic N) is 2. The molecule has 3 atom stereocenters. The lowest BCUT2D eigenvalue weighted by Gasteiger charge is -2.52. The van der Waals surface area contributed by atoms with E-state index in [-0.39, 0.29) is 31.1 Å². The number of amides is 1. The van der Waals surface area contributed by atoms with Gasteiger partial charge in [0.15, 0.2) is 0 Å². The van der Waals surface area contributed by atoms with Crippen LogP contribution in [0.5, 0.6) is 0 Å². The van der Waals surface area contributed by atoms with Gasteiger partial charge in [-0.15, -0.1) is 0 Å². The van der Waals surface area contributed by atoms with Gasteiger partial charge in [-0.25, -0.2) is 0 Å². The first-order valence-corrected chi connectivity index (χ1v) is 8.31. The maximum atomic E-state index is 12.2. The normalized spacial score (nSPS) is 25.8. The molecule has 5 heteroatoms. The third-order valence-corrected chi connectivity index (χ3v) is 4.99. The molecule has 0 bridgehead atoms. The van der Waals surface area contributed by atoms with Crippen molar-refractivity contribution in [2.24, 2.45) is 0 Å². The predicted octanol–water partition coefficient (Wildman–Crippen LogP) is 2.08. The van der Waals surface area contributed by atoms with Crippen molar-refractivity contribution >= 4 is 11.5 Å². The lowest BCUT2D eigenvalue weighted by atomic mass is 9.73. The third-order valence-electron chi connectivity index (χ3n) is 4.99. The highest BCUT2D eigenvalue weighted by molar-refractivity contribution is 5.81. The molecule has 1 fully saturated rings. The van der Waals surface area contributed by atoms with Gasteiger partial charge in [-0.3, -0.25) is 4.79 Å². The van der Waals surface area contributed by atoms with Crippen molar-refractivity contribution in [1.29, 1.82) is 5.26 Å². The first-order chi connectivity index (χ1) is 11.7. The van der Waals surface area contributed by atoms with Gasteiger partial charge >= 0.3 is 0 Å². The van der Waals surface area contributed by atoms with Gasteiger partial charge in [0, 0.05) is 13.0 Å². The monoisotopic (exact) mass is 326 g/mol. The summed E-state index contributed by atoms with van der Waals surface area (Å²) in [4.78, 5) is 13.7. The molecule has 24 heavy (non-hydrogen) atoms. The van der Waals surface area contributed by atoms with Gasteiger partial charge in [0.05, 0.1) is 18.7 Å². The van der Waals surface area contributed by atoms with Crippen molar-refractivity contribution in [3.63, 3.8) is 0 Å². The SMILES string of the molecule is COCC(=O)N1[C@H](C#N)[C@H](c2ccccc2C2=CCCC2)[C@@H]1CO. The molecule has 5 nitrogen and oxygen atoms in total. The molecular formula is C19H22N2O3. The van der Waals surface area contributed by atoms with E-state index in [0.717, 1.165) is 30.4 Å². The Morgan fingerprint density at radius 1 is 1.46 bits per heavy atom. The molecule has 1 saturated heterocycles. The van der Waals surface area contributed by atoms with E-state index in [0.29, 0.717) is 0 Å². The van der Waals surface area contributed by atoms with Crippen LogP contribution in [-0.2, 0) is 9.53 Å². The second-order valence-electron chi connectivity index (χ2n) is 6.29. The minimum Gasteiger partial charge on any atom is -0.394 e. The summed E-state index contributed by atoms with van der Waals surface area (Å²) in [6, 6.07) is 9.36. The van der Waals surface area contributed by atoms with Crippen molar-refractivity contribution in [2.45, 2.75) is 37.3 Å². The van der Waals surface area contributed by atoms with Gasteiger partial charge in [0.2, 0.25) is 5.91 Å². The number of likely N-dealkylation sites (tertiary alicyclic amines) is 1. The van der Waals surface area contributed by atoms with E-state index in [9.17, 15) is 15.2 Å². The topological polar surface area (TPSA) is 73.6 Å². The zero-order chi connectivity index (χ0) is 17.1. The largest absolute Gasteiger partial charge is 0.394 e. The number of rotatable bonds is 5. The maximum Gasteiger partial charge on any atom is 0.249 e. The number of allylic oxidation sites excluding steroid dienone is 2. The Bertz CT molecular complexity index is 692. The second kappa shape index (κ2) is 7.16.